The van der Waals surface area contributed by atoms with E-state index in [1.807, 2.05) is 43.9 Å². The molecular formula is C23H29NO3. The van der Waals surface area contributed by atoms with Crippen molar-refractivity contribution in [1.82, 2.24) is 4.90 Å². The molecule has 4 heteroatoms. The van der Waals surface area contributed by atoms with E-state index < -0.39 is 5.60 Å². The number of amides is 1. The minimum Gasteiger partial charge on any atom is -0.508 e. The molecule has 0 saturated heterocycles. The number of hydrogen-bond acceptors (Lipinski definition) is 3. The molecule has 1 N–H and O–H groups in total. The van der Waals surface area contributed by atoms with Gasteiger partial charge in [0.1, 0.15) is 11.4 Å². The Hall–Kier alpha value is -2.49. The molecule has 2 aromatic rings. The molecule has 2 aromatic carbocycles. The SMILES string of the molecule is Cc1cccc(C(c2ccc(O)cc2)N(CC2CC2)C(=O)OC(C)(C)C)c1. The Bertz CT molecular complexity index is 788. The van der Waals surface area contributed by atoms with Crippen LogP contribution >= 0.6 is 0 Å². The highest BCUT2D eigenvalue weighted by molar-refractivity contribution is 5.70. The highest BCUT2D eigenvalue weighted by atomic mass is 16.6. The van der Waals surface area contributed by atoms with Crippen LogP contribution in [-0.2, 0) is 4.74 Å². The van der Waals surface area contributed by atoms with Crippen LogP contribution in [0.4, 0.5) is 4.79 Å². The highest BCUT2D eigenvalue weighted by Gasteiger charge is 2.35. The van der Waals surface area contributed by atoms with Gasteiger partial charge in [-0.3, -0.25) is 4.90 Å². The molecule has 1 saturated carbocycles. The topological polar surface area (TPSA) is 49.8 Å². The molecule has 27 heavy (non-hydrogen) atoms. The summed E-state index contributed by atoms with van der Waals surface area (Å²) >= 11 is 0. The lowest BCUT2D eigenvalue weighted by molar-refractivity contribution is 0.0180. The number of ether oxygens (including phenoxy) is 1. The van der Waals surface area contributed by atoms with Crippen LogP contribution < -0.4 is 0 Å². The van der Waals surface area contributed by atoms with E-state index in [4.69, 9.17) is 4.74 Å². The molecule has 1 unspecified atom stereocenters. The monoisotopic (exact) mass is 367 g/mol. The van der Waals surface area contributed by atoms with Crippen LogP contribution in [0.3, 0.4) is 0 Å². The van der Waals surface area contributed by atoms with E-state index in [2.05, 4.69) is 25.1 Å². The number of aryl methyl sites for hydroxylation is 1. The first-order valence-electron chi connectivity index (χ1n) is 9.58. The van der Waals surface area contributed by atoms with Crippen molar-refractivity contribution >= 4 is 6.09 Å². The third-order valence-electron chi connectivity index (χ3n) is 4.66. The number of hydrogen-bond donors (Lipinski definition) is 1. The summed E-state index contributed by atoms with van der Waals surface area (Å²) < 4.78 is 5.74. The molecule has 0 aliphatic heterocycles. The summed E-state index contributed by atoms with van der Waals surface area (Å²) in [6.45, 7) is 8.40. The number of phenolic OH excluding ortho intramolecular Hbond substituents is 1. The number of benzene rings is 2. The van der Waals surface area contributed by atoms with E-state index in [1.54, 1.807) is 12.1 Å². The predicted molar refractivity (Wildman–Crippen MR) is 107 cm³/mol. The Morgan fingerprint density at radius 1 is 1.15 bits per heavy atom. The van der Waals surface area contributed by atoms with Crippen LogP contribution in [0.25, 0.3) is 0 Å². The first kappa shape index (κ1) is 19.3. The molecule has 3 rings (SSSR count). The van der Waals surface area contributed by atoms with Crippen molar-refractivity contribution in [2.24, 2.45) is 5.92 Å². The van der Waals surface area contributed by atoms with Gasteiger partial charge in [-0.25, -0.2) is 4.79 Å². The number of rotatable bonds is 5. The van der Waals surface area contributed by atoms with Gasteiger partial charge in [0.2, 0.25) is 0 Å². The van der Waals surface area contributed by atoms with E-state index in [0.29, 0.717) is 12.5 Å². The van der Waals surface area contributed by atoms with Crippen LogP contribution in [0.1, 0.15) is 56.3 Å². The van der Waals surface area contributed by atoms with Gasteiger partial charge in [0, 0.05) is 6.54 Å². The van der Waals surface area contributed by atoms with Crippen molar-refractivity contribution in [2.75, 3.05) is 6.54 Å². The minimum absolute atomic E-state index is 0.216. The zero-order valence-corrected chi connectivity index (χ0v) is 16.6. The molecule has 0 bridgehead atoms. The van der Waals surface area contributed by atoms with E-state index in [0.717, 1.165) is 29.5 Å². The van der Waals surface area contributed by atoms with Crippen LogP contribution in [0.5, 0.6) is 5.75 Å². The Kier molecular flexibility index (Phi) is 5.45. The molecule has 0 spiro atoms. The summed E-state index contributed by atoms with van der Waals surface area (Å²) in [5, 5.41) is 9.70. The Balaban J connectivity index is 2.03. The lowest BCUT2D eigenvalue weighted by Gasteiger charge is -2.34. The van der Waals surface area contributed by atoms with E-state index in [1.165, 1.54) is 0 Å². The van der Waals surface area contributed by atoms with Gasteiger partial charge >= 0.3 is 6.09 Å². The number of nitrogens with zero attached hydrogens (tertiary/aromatic N) is 1. The zero-order chi connectivity index (χ0) is 19.6. The van der Waals surface area contributed by atoms with Crippen LogP contribution in [0.2, 0.25) is 0 Å². The predicted octanol–water partition coefficient (Wildman–Crippen LogP) is 5.44. The molecule has 1 atom stereocenters. The maximum absolute atomic E-state index is 13.1. The van der Waals surface area contributed by atoms with Gasteiger partial charge in [-0.15, -0.1) is 0 Å². The molecule has 144 valence electrons. The third kappa shape index (κ3) is 5.25. The lowest BCUT2D eigenvalue weighted by Crippen LogP contribution is -2.41. The standard InChI is InChI=1S/C23H29NO3/c1-16-6-5-7-19(14-16)21(18-10-12-20(25)13-11-18)24(15-17-8-9-17)22(26)27-23(2,3)4/h5-7,10-14,17,21,25H,8-9,15H2,1-4H3. The van der Waals surface area contributed by atoms with E-state index >= 15 is 0 Å². The van der Waals surface area contributed by atoms with Crippen LogP contribution in [0, 0.1) is 12.8 Å². The van der Waals surface area contributed by atoms with Gasteiger partial charge in [-0.1, -0.05) is 42.0 Å². The maximum Gasteiger partial charge on any atom is 0.411 e. The van der Waals surface area contributed by atoms with Crippen molar-refractivity contribution in [3.05, 3.63) is 65.2 Å². The fraction of sp³-hybridized carbons (Fsp3) is 0.435. The van der Waals surface area contributed by atoms with Crippen LogP contribution in [-0.4, -0.2) is 28.2 Å². The Morgan fingerprint density at radius 3 is 2.37 bits per heavy atom. The Morgan fingerprint density at radius 2 is 1.81 bits per heavy atom. The quantitative estimate of drug-likeness (QED) is 0.766. The largest absolute Gasteiger partial charge is 0.508 e. The third-order valence-corrected chi connectivity index (χ3v) is 4.66. The molecule has 1 aliphatic carbocycles. The molecule has 1 amide bonds. The molecule has 4 nitrogen and oxygen atoms in total. The summed E-state index contributed by atoms with van der Waals surface area (Å²) in [6.07, 6.45) is 2.00. The first-order chi connectivity index (χ1) is 12.7. The first-order valence-corrected chi connectivity index (χ1v) is 9.58. The fourth-order valence-electron chi connectivity index (χ4n) is 3.23. The summed E-state index contributed by atoms with van der Waals surface area (Å²) in [5.41, 5.74) is 2.61. The minimum atomic E-state index is -0.551. The summed E-state index contributed by atoms with van der Waals surface area (Å²) in [6, 6.07) is 15.1. The van der Waals surface area contributed by atoms with Crippen LogP contribution in [0.15, 0.2) is 48.5 Å². The second kappa shape index (κ2) is 7.63. The number of carbonyl (C=O) groups is 1. The molecule has 0 aromatic heterocycles. The van der Waals surface area contributed by atoms with Crippen molar-refractivity contribution in [1.29, 1.82) is 0 Å². The number of aromatic hydroxyl groups is 1. The summed E-state index contributed by atoms with van der Waals surface area (Å²) in [7, 11) is 0. The highest BCUT2D eigenvalue weighted by Crippen LogP contribution is 2.37. The van der Waals surface area contributed by atoms with Gasteiger partial charge < -0.3 is 9.84 Å². The van der Waals surface area contributed by atoms with Gasteiger partial charge in [-0.05, 0) is 69.7 Å². The molecule has 1 aliphatic rings. The fourth-order valence-corrected chi connectivity index (χ4v) is 3.23. The molecular weight excluding hydrogens is 338 g/mol. The van der Waals surface area contributed by atoms with Gasteiger partial charge in [0.05, 0.1) is 6.04 Å². The van der Waals surface area contributed by atoms with E-state index in [9.17, 15) is 9.90 Å². The average Bonchev–Trinajstić information content (AvgIpc) is 3.38. The molecule has 0 radical (unpaired) electrons. The summed E-state index contributed by atoms with van der Waals surface area (Å²) in [5.74, 6) is 0.745. The second-order valence-electron chi connectivity index (χ2n) is 8.48. The average molecular weight is 367 g/mol. The normalized spacial score (nSPS) is 15.3. The number of carbonyl (C=O) groups excluding carboxylic acids is 1. The van der Waals surface area contributed by atoms with Gasteiger partial charge in [-0.2, -0.15) is 0 Å². The van der Waals surface area contributed by atoms with Gasteiger partial charge in [0.25, 0.3) is 0 Å². The van der Waals surface area contributed by atoms with Crippen molar-refractivity contribution in [2.45, 2.75) is 52.2 Å². The lowest BCUT2D eigenvalue weighted by atomic mass is 9.95. The smallest absolute Gasteiger partial charge is 0.411 e. The second-order valence-corrected chi connectivity index (χ2v) is 8.48. The maximum atomic E-state index is 13.1. The van der Waals surface area contributed by atoms with Crippen molar-refractivity contribution in [3.8, 4) is 5.75 Å². The Labute approximate surface area is 161 Å². The molecule has 0 heterocycles. The van der Waals surface area contributed by atoms with Crippen molar-refractivity contribution < 1.29 is 14.6 Å². The van der Waals surface area contributed by atoms with Gasteiger partial charge in [0.15, 0.2) is 0 Å². The zero-order valence-electron chi connectivity index (χ0n) is 16.6. The number of phenols is 1. The summed E-state index contributed by atoms with van der Waals surface area (Å²) in [4.78, 5) is 15.0. The van der Waals surface area contributed by atoms with Crippen molar-refractivity contribution in [3.63, 3.8) is 0 Å². The van der Waals surface area contributed by atoms with E-state index in [-0.39, 0.29) is 17.9 Å². The molecule has 1 fully saturated rings.